The maximum atomic E-state index is 12.5. The second-order valence-electron chi connectivity index (χ2n) is 2.74. The third-order valence-electron chi connectivity index (χ3n) is 1.64. The van der Waals surface area contributed by atoms with Crippen LogP contribution in [0.1, 0.15) is 27.2 Å². The van der Waals surface area contributed by atoms with Gasteiger partial charge in [-0.2, -0.15) is 0 Å². The Morgan fingerprint density at radius 3 is 1.89 bits per heavy atom. The molecule has 0 spiro atoms. The van der Waals surface area contributed by atoms with Gasteiger partial charge in [0, 0.05) is 13.1 Å². The summed E-state index contributed by atoms with van der Waals surface area (Å²) in [5, 5.41) is 0.796. The van der Waals surface area contributed by atoms with Crippen molar-refractivity contribution < 1.29 is 4.48 Å². The van der Waals surface area contributed by atoms with E-state index in [-0.39, 0.29) is 6.04 Å². The Morgan fingerprint density at radius 1 is 1.44 bits per heavy atom. The van der Waals surface area contributed by atoms with Gasteiger partial charge in [-0.3, -0.25) is 0 Å². The van der Waals surface area contributed by atoms with Crippen LogP contribution in [0.5, 0.6) is 0 Å². The molecule has 0 fully saturated rings. The second kappa shape index (κ2) is 3.83. The zero-order valence-corrected chi connectivity index (χ0v) is 6.69. The Kier molecular flexibility index (Phi) is 3.78. The fourth-order valence-corrected chi connectivity index (χ4v) is 1.13. The van der Waals surface area contributed by atoms with Crippen molar-refractivity contribution in [3.05, 3.63) is 0 Å². The average Bonchev–Trinajstić information content (AvgIpc) is 1.64. The first kappa shape index (κ1) is 8.89. The van der Waals surface area contributed by atoms with Gasteiger partial charge >= 0.3 is 0 Å². The normalized spacial score (nSPS) is 15.0. The maximum Gasteiger partial charge on any atom is 0.0419 e. The lowest BCUT2D eigenvalue weighted by atomic mass is 10.0. The molecule has 0 heterocycles. The smallest absolute Gasteiger partial charge is 0.0419 e. The molecular formula is C7H16FN. The summed E-state index contributed by atoms with van der Waals surface area (Å²) >= 11 is 0. The van der Waals surface area contributed by atoms with Crippen molar-refractivity contribution in [2.24, 2.45) is 5.92 Å². The molecule has 0 N–H and O–H groups in total. The van der Waals surface area contributed by atoms with Crippen molar-refractivity contribution in [1.82, 2.24) is 5.12 Å². The zero-order valence-electron chi connectivity index (χ0n) is 6.69. The largest absolute Gasteiger partial charge is 0.146 e. The van der Waals surface area contributed by atoms with Gasteiger partial charge in [0.1, 0.15) is 0 Å². The first-order valence-corrected chi connectivity index (χ1v) is 3.48. The Bertz CT molecular complexity index is 63.3. The summed E-state index contributed by atoms with van der Waals surface area (Å²) in [6, 6.07) is 0.0880. The molecule has 0 aromatic rings. The van der Waals surface area contributed by atoms with Crippen LogP contribution in [-0.2, 0) is 0 Å². The summed E-state index contributed by atoms with van der Waals surface area (Å²) in [6.45, 7) is 6.06. The molecule has 0 saturated carbocycles. The van der Waals surface area contributed by atoms with E-state index in [0.717, 1.165) is 11.5 Å². The molecule has 9 heavy (non-hydrogen) atoms. The molecule has 0 saturated heterocycles. The van der Waals surface area contributed by atoms with Crippen molar-refractivity contribution in [1.29, 1.82) is 0 Å². The van der Waals surface area contributed by atoms with Crippen LogP contribution in [0.15, 0.2) is 0 Å². The highest BCUT2D eigenvalue weighted by Gasteiger charge is 2.15. The zero-order chi connectivity index (χ0) is 7.44. The van der Waals surface area contributed by atoms with Gasteiger partial charge in [0.25, 0.3) is 0 Å². The lowest BCUT2D eigenvalue weighted by Gasteiger charge is -2.21. The van der Waals surface area contributed by atoms with Crippen LogP contribution in [0.4, 0.5) is 4.48 Å². The SMILES string of the molecule is CCC(C(C)C)N(C)F. The van der Waals surface area contributed by atoms with Gasteiger partial charge in [-0.05, 0) is 12.3 Å². The third kappa shape index (κ3) is 2.80. The van der Waals surface area contributed by atoms with Crippen molar-refractivity contribution in [2.45, 2.75) is 33.2 Å². The molecule has 2 heteroatoms. The number of halogens is 1. The van der Waals surface area contributed by atoms with Crippen LogP contribution < -0.4 is 0 Å². The predicted molar refractivity (Wildman–Crippen MR) is 37.8 cm³/mol. The summed E-state index contributed by atoms with van der Waals surface area (Å²) < 4.78 is 12.5. The van der Waals surface area contributed by atoms with Crippen molar-refractivity contribution in [3.63, 3.8) is 0 Å². The summed E-state index contributed by atoms with van der Waals surface area (Å²) in [4.78, 5) is 0. The predicted octanol–water partition coefficient (Wildman–Crippen LogP) is 2.24. The molecule has 0 radical (unpaired) electrons. The Hall–Kier alpha value is -0.110. The second-order valence-corrected chi connectivity index (χ2v) is 2.74. The van der Waals surface area contributed by atoms with Crippen LogP contribution in [-0.4, -0.2) is 18.2 Å². The third-order valence-corrected chi connectivity index (χ3v) is 1.64. The van der Waals surface area contributed by atoms with Crippen LogP contribution in [0.2, 0.25) is 0 Å². The van der Waals surface area contributed by atoms with E-state index < -0.39 is 0 Å². The van der Waals surface area contributed by atoms with Gasteiger partial charge in [0.2, 0.25) is 0 Å². The average molecular weight is 133 g/mol. The number of rotatable bonds is 3. The maximum absolute atomic E-state index is 12.5. The van der Waals surface area contributed by atoms with Gasteiger partial charge in [-0.1, -0.05) is 20.8 Å². The van der Waals surface area contributed by atoms with Gasteiger partial charge in [-0.15, -0.1) is 9.60 Å². The van der Waals surface area contributed by atoms with Gasteiger partial charge in [-0.25, -0.2) is 0 Å². The molecule has 0 aliphatic rings. The van der Waals surface area contributed by atoms with Crippen molar-refractivity contribution in [3.8, 4) is 0 Å². The van der Waals surface area contributed by atoms with E-state index in [0.29, 0.717) is 5.92 Å². The fraction of sp³-hybridized carbons (Fsp3) is 1.00. The summed E-state index contributed by atoms with van der Waals surface area (Å²) in [5.41, 5.74) is 0. The van der Waals surface area contributed by atoms with E-state index in [1.807, 2.05) is 20.8 Å². The van der Waals surface area contributed by atoms with Crippen LogP contribution >= 0.6 is 0 Å². The first-order valence-electron chi connectivity index (χ1n) is 3.48. The lowest BCUT2D eigenvalue weighted by molar-refractivity contribution is -0.0127. The Balaban J connectivity index is 3.68. The Morgan fingerprint density at radius 2 is 1.89 bits per heavy atom. The molecule has 1 unspecified atom stereocenters. The van der Waals surface area contributed by atoms with Gasteiger partial charge in [0.15, 0.2) is 0 Å². The van der Waals surface area contributed by atoms with Gasteiger partial charge < -0.3 is 0 Å². The van der Waals surface area contributed by atoms with E-state index in [2.05, 4.69) is 0 Å². The summed E-state index contributed by atoms with van der Waals surface area (Å²) in [7, 11) is 1.48. The summed E-state index contributed by atoms with van der Waals surface area (Å²) in [6.07, 6.45) is 0.880. The monoisotopic (exact) mass is 133 g/mol. The highest BCUT2D eigenvalue weighted by Crippen LogP contribution is 2.11. The minimum absolute atomic E-state index is 0.0880. The van der Waals surface area contributed by atoms with E-state index in [1.165, 1.54) is 7.05 Å². The lowest BCUT2D eigenvalue weighted by Crippen LogP contribution is -2.28. The quantitative estimate of drug-likeness (QED) is 0.534. The Labute approximate surface area is 56.8 Å². The number of hydrogen-bond acceptors (Lipinski definition) is 1. The molecule has 56 valence electrons. The molecule has 0 amide bonds. The molecular weight excluding hydrogens is 117 g/mol. The molecule has 1 nitrogen and oxygen atoms in total. The highest BCUT2D eigenvalue weighted by atomic mass is 19.2. The minimum atomic E-state index is 0.0880. The molecule has 0 aliphatic carbocycles. The van der Waals surface area contributed by atoms with E-state index in [4.69, 9.17) is 0 Å². The van der Waals surface area contributed by atoms with E-state index >= 15 is 0 Å². The van der Waals surface area contributed by atoms with Crippen molar-refractivity contribution >= 4 is 0 Å². The standard InChI is InChI=1S/C7H16FN/c1-5-7(6(2)3)9(4)8/h6-7H,5H2,1-4H3. The molecule has 0 aliphatic heterocycles. The molecule has 1 atom stereocenters. The fourth-order valence-electron chi connectivity index (χ4n) is 1.13. The molecule has 0 bridgehead atoms. The first-order chi connectivity index (χ1) is 4.09. The van der Waals surface area contributed by atoms with Crippen molar-refractivity contribution in [2.75, 3.05) is 7.05 Å². The topological polar surface area (TPSA) is 3.24 Å². The molecule has 0 aromatic heterocycles. The minimum Gasteiger partial charge on any atom is -0.146 e. The number of hydrogen-bond donors (Lipinski definition) is 0. The van der Waals surface area contributed by atoms with Crippen LogP contribution in [0, 0.1) is 5.92 Å². The van der Waals surface area contributed by atoms with Crippen LogP contribution in [0.25, 0.3) is 0 Å². The van der Waals surface area contributed by atoms with Crippen LogP contribution in [0.3, 0.4) is 0 Å². The van der Waals surface area contributed by atoms with E-state index in [9.17, 15) is 4.48 Å². The summed E-state index contributed by atoms with van der Waals surface area (Å²) in [5.74, 6) is 0.407. The van der Waals surface area contributed by atoms with E-state index in [1.54, 1.807) is 0 Å². The highest BCUT2D eigenvalue weighted by molar-refractivity contribution is 4.64. The van der Waals surface area contributed by atoms with Gasteiger partial charge in [0.05, 0.1) is 0 Å². The number of nitrogens with zero attached hydrogens (tertiary/aromatic N) is 1. The molecule has 0 rings (SSSR count). The molecule has 0 aromatic carbocycles.